The van der Waals surface area contributed by atoms with Crippen molar-refractivity contribution in [1.82, 2.24) is 15.3 Å². The van der Waals surface area contributed by atoms with Gasteiger partial charge in [-0.25, -0.2) is 9.97 Å². The Morgan fingerprint density at radius 1 is 1.25 bits per heavy atom. The van der Waals surface area contributed by atoms with Gasteiger partial charge in [-0.15, -0.1) is 0 Å². The second kappa shape index (κ2) is 7.62. The largest absolute Gasteiger partial charge is 0.313 e. The fourth-order valence-electron chi connectivity index (χ4n) is 1.73. The predicted molar refractivity (Wildman–Crippen MR) is 84.3 cm³/mol. The molecule has 0 bridgehead atoms. The van der Waals surface area contributed by atoms with Crippen molar-refractivity contribution in [3.05, 3.63) is 46.7 Å². The van der Waals surface area contributed by atoms with E-state index in [-0.39, 0.29) is 0 Å². The minimum absolute atomic E-state index is 0.723. The van der Waals surface area contributed by atoms with Crippen molar-refractivity contribution in [1.29, 1.82) is 0 Å². The smallest absolute Gasteiger partial charge is 0.192 e. The Hall–Kier alpha value is -1.10. The van der Waals surface area contributed by atoms with Crippen LogP contribution in [0.1, 0.15) is 24.5 Å². The summed E-state index contributed by atoms with van der Waals surface area (Å²) >= 11 is 7.83. The second-order valence-corrected chi connectivity index (χ2v) is 5.93. The quantitative estimate of drug-likeness (QED) is 0.644. The molecule has 2 rings (SSSR count). The fraction of sp³-hybridized carbons (Fsp3) is 0.333. The highest BCUT2D eigenvalue weighted by Gasteiger charge is 2.10. The molecule has 0 amide bonds. The van der Waals surface area contributed by atoms with Gasteiger partial charge in [-0.1, -0.05) is 30.7 Å². The zero-order valence-electron chi connectivity index (χ0n) is 11.7. The monoisotopic (exact) mass is 307 g/mol. The fourth-order valence-corrected chi connectivity index (χ4v) is 2.87. The van der Waals surface area contributed by atoms with E-state index in [1.54, 1.807) is 0 Å². The highest BCUT2D eigenvalue weighted by atomic mass is 35.5. The first kappa shape index (κ1) is 15.3. The van der Waals surface area contributed by atoms with Crippen LogP contribution in [0.4, 0.5) is 0 Å². The minimum Gasteiger partial charge on any atom is -0.313 e. The van der Waals surface area contributed by atoms with Crippen LogP contribution in [0.5, 0.6) is 0 Å². The summed E-state index contributed by atoms with van der Waals surface area (Å²) in [5.74, 6) is 0. The van der Waals surface area contributed by atoms with Crippen LogP contribution >= 0.6 is 23.4 Å². The molecule has 0 aliphatic carbocycles. The lowest BCUT2D eigenvalue weighted by atomic mass is 10.2. The highest BCUT2D eigenvalue weighted by Crippen LogP contribution is 2.34. The van der Waals surface area contributed by atoms with Crippen molar-refractivity contribution in [2.75, 3.05) is 6.54 Å². The molecule has 0 spiro atoms. The molecule has 2 aromatic rings. The second-order valence-electron chi connectivity index (χ2n) is 4.55. The van der Waals surface area contributed by atoms with E-state index in [1.165, 1.54) is 17.3 Å². The summed E-state index contributed by atoms with van der Waals surface area (Å²) in [4.78, 5) is 9.68. The lowest BCUT2D eigenvalue weighted by Crippen LogP contribution is -2.14. The van der Waals surface area contributed by atoms with Gasteiger partial charge in [-0.05, 0) is 48.8 Å². The molecule has 1 aromatic heterocycles. The number of hydrogen-bond acceptors (Lipinski definition) is 4. The topological polar surface area (TPSA) is 37.8 Å². The van der Waals surface area contributed by atoms with Gasteiger partial charge >= 0.3 is 0 Å². The summed E-state index contributed by atoms with van der Waals surface area (Å²) in [6.45, 7) is 5.94. The summed E-state index contributed by atoms with van der Waals surface area (Å²) in [7, 11) is 0. The van der Waals surface area contributed by atoms with Gasteiger partial charge in [0, 0.05) is 23.8 Å². The summed E-state index contributed by atoms with van der Waals surface area (Å²) in [5, 5.41) is 4.87. The first-order valence-corrected chi connectivity index (χ1v) is 7.84. The van der Waals surface area contributed by atoms with E-state index < -0.39 is 0 Å². The average molecular weight is 308 g/mol. The number of aryl methyl sites for hydroxylation is 1. The maximum atomic E-state index is 6.32. The molecule has 3 nitrogen and oxygen atoms in total. The van der Waals surface area contributed by atoms with Crippen molar-refractivity contribution in [2.45, 2.75) is 36.9 Å². The lowest BCUT2D eigenvalue weighted by Gasteiger charge is -2.11. The Kier molecular flexibility index (Phi) is 5.83. The third-order valence-corrected chi connectivity index (χ3v) is 4.25. The van der Waals surface area contributed by atoms with Gasteiger partial charge in [0.1, 0.15) is 0 Å². The highest BCUT2D eigenvalue weighted by molar-refractivity contribution is 7.99. The van der Waals surface area contributed by atoms with Gasteiger partial charge < -0.3 is 5.32 Å². The molecule has 0 atom stereocenters. The molecule has 1 heterocycles. The van der Waals surface area contributed by atoms with Crippen LogP contribution in [0.2, 0.25) is 5.02 Å². The maximum absolute atomic E-state index is 6.32. The minimum atomic E-state index is 0.723. The third-order valence-electron chi connectivity index (χ3n) is 2.74. The summed E-state index contributed by atoms with van der Waals surface area (Å²) in [6.07, 6.45) is 4.76. The van der Waals surface area contributed by atoms with Gasteiger partial charge in [0.2, 0.25) is 0 Å². The molecule has 5 heteroatoms. The number of nitrogens with one attached hydrogen (secondary N) is 1. The molecule has 0 saturated carbocycles. The molecule has 0 aliphatic rings. The Bertz CT molecular complexity index is 558. The Balaban J connectivity index is 2.18. The van der Waals surface area contributed by atoms with E-state index in [2.05, 4.69) is 28.3 Å². The molecule has 20 heavy (non-hydrogen) atoms. The van der Waals surface area contributed by atoms with Gasteiger partial charge in [0.15, 0.2) is 5.16 Å². The molecule has 0 fully saturated rings. The molecule has 1 aromatic carbocycles. The standard InChI is InChI=1S/C15H18ClN3S/c1-3-7-17-10-12-5-4-6-13(16)14(12)20-15-18-8-11(2)9-19-15/h4-6,8-9,17H,3,7,10H2,1-2H3. The van der Waals surface area contributed by atoms with Crippen LogP contribution in [0, 0.1) is 6.92 Å². The normalized spacial score (nSPS) is 10.8. The van der Waals surface area contributed by atoms with E-state index in [4.69, 9.17) is 11.6 Å². The molecule has 0 radical (unpaired) electrons. The first-order valence-electron chi connectivity index (χ1n) is 6.65. The SMILES string of the molecule is CCCNCc1cccc(Cl)c1Sc1ncc(C)cn1. The van der Waals surface area contributed by atoms with Gasteiger partial charge in [-0.3, -0.25) is 0 Å². The number of rotatable bonds is 6. The number of benzene rings is 1. The van der Waals surface area contributed by atoms with Gasteiger partial charge in [0.05, 0.1) is 5.02 Å². The number of nitrogens with zero attached hydrogens (tertiary/aromatic N) is 2. The molecule has 0 unspecified atom stereocenters. The van der Waals surface area contributed by atoms with E-state index >= 15 is 0 Å². The van der Waals surface area contributed by atoms with Crippen LogP contribution in [0.3, 0.4) is 0 Å². The van der Waals surface area contributed by atoms with Crippen LogP contribution in [0.25, 0.3) is 0 Å². The van der Waals surface area contributed by atoms with Crippen LogP contribution in [-0.2, 0) is 6.54 Å². The molecule has 1 N–H and O–H groups in total. The van der Waals surface area contributed by atoms with Gasteiger partial charge in [0.25, 0.3) is 0 Å². The van der Waals surface area contributed by atoms with Crippen LogP contribution in [-0.4, -0.2) is 16.5 Å². The van der Waals surface area contributed by atoms with Crippen molar-refractivity contribution < 1.29 is 0 Å². The van der Waals surface area contributed by atoms with Crippen LogP contribution in [0.15, 0.2) is 40.6 Å². The predicted octanol–water partition coefficient (Wildman–Crippen LogP) is 4.09. The zero-order chi connectivity index (χ0) is 14.4. The number of hydrogen-bond donors (Lipinski definition) is 1. The Morgan fingerprint density at radius 2 is 2.00 bits per heavy atom. The molecule has 0 saturated heterocycles. The van der Waals surface area contributed by atoms with Gasteiger partial charge in [-0.2, -0.15) is 0 Å². The number of halogens is 1. The van der Waals surface area contributed by atoms with E-state index in [1.807, 2.05) is 31.5 Å². The Labute approximate surface area is 129 Å². The van der Waals surface area contributed by atoms with Crippen molar-refractivity contribution in [2.24, 2.45) is 0 Å². The molecule has 106 valence electrons. The summed E-state index contributed by atoms with van der Waals surface area (Å²) in [5.41, 5.74) is 2.23. The average Bonchev–Trinajstić information content (AvgIpc) is 2.45. The molecular formula is C15H18ClN3S. The van der Waals surface area contributed by atoms with E-state index in [9.17, 15) is 0 Å². The van der Waals surface area contributed by atoms with E-state index in [0.29, 0.717) is 0 Å². The zero-order valence-corrected chi connectivity index (χ0v) is 13.3. The first-order chi connectivity index (χ1) is 9.70. The van der Waals surface area contributed by atoms with Crippen molar-refractivity contribution in [3.63, 3.8) is 0 Å². The maximum Gasteiger partial charge on any atom is 0.192 e. The van der Waals surface area contributed by atoms with Crippen molar-refractivity contribution >= 4 is 23.4 Å². The molecular weight excluding hydrogens is 290 g/mol. The summed E-state index contributed by atoms with van der Waals surface area (Å²) < 4.78 is 0. The Morgan fingerprint density at radius 3 is 2.70 bits per heavy atom. The van der Waals surface area contributed by atoms with E-state index in [0.717, 1.165) is 40.1 Å². The lowest BCUT2D eigenvalue weighted by molar-refractivity contribution is 0.669. The third kappa shape index (κ3) is 4.20. The number of aromatic nitrogens is 2. The molecule has 0 aliphatic heterocycles. The van der Waals surface area contributed by atoms with Crippen LogP contribution < -0.4 is 5.32 Å². The summed E-state index contributed by atoms with van der Waals surface area (Å²) in [6, 6.07) is 5.97. The van der Waals surface area contributed by atoms with Crippen molar-refractivity contribution in [3.8, 4) is 0 Å².